The van der Waals surface area contributed by atoms with E-state index >= 15 is 0 Å². The van der Waals surface area contributed by atoms with Gasteiger partial charge in [0.15, 0.2) is 0 Å². The van der Waals surface area contributed by atoms with Gasteiger partial charge in [-0.25, -0.2) is 0 Å². The second-order valence-electron chi connectivity index (χ2n) is 5.19. The van der Waals surface area contributed by atoms with Crippen LogP contribution in [-0.2, 0) is 4.79 Å². The minimum absolute atomic E-state index is 0.233. The van der Waals surface area contributed by atoms with E-state index in [0.29, 0.717) is 5.92 Å². The van der Waals surface area contributed by atoms with Gasteiger partial charge in [-0.3, -0.25) is 4.79 Å². The third-order valence-corrected chi connectivity index (χ3v) is 3.47. The largest absolute Gasteiger partial charge is 0.356 e. The van der Waals surface area contributed by atoms with Crippen LogP contribution in [0.25, 0.3) is 0 Å². The van der Waals surface area contributed by atoms with Crippen LogP contribution in [0, 0.1) is 11.8 Å². The van der Waals surface area contributed by atoms with Gasteiger partial charge < -0.3 is 11.1 Å². The van der Waals surface area contributed by atoms with Gasteiger partial charge in [0.25, 0.3) is 0 Å². The van der Waals surface area contributed by atoms with Crippen LogP contribution in [0.5, 0.6) is 0 Å². The molecule has 0 aliphatic heterocycles. The number of unbranched alkanes of at least 4 members (excludes halogenated alkanes) is 1. The summed E-state index contributed by atoms with van der Waals surface area (Å²) in [6.07, 6.45) is 7.84. The number of carbonyl (C=O) groups excluding carboxylic acids is 1. The molecule has 1 aliphatic rings. The van der Waals surface area contributed by atoms with Crippen molar-refractivity contribution in [3.63, 3.8) is 0 Å². The molecule has 94 valence electrons. The van der Waals surface area contributed by atoms with Crippen LogP contribution in [0.1, 0.15) is 51.9 Å². The highest BCUT2D eigenvalue weighted by molar-refractivity contribution is 5.76. The highest BCUT2D eigenvalue weighted by atomic mass is 16.1. The summed E-state index contributed by atoms with van der Waals surface area (Å²) in [5.74, 6) is 1.66. The van der Waals surface area contributed by atoms with Crippen LogP contribution in [0.2, 0.25) is 0 Å². The number of nitrogens with two attached hydrogens (primary N) is 1. The first kappa shape index (κ1) is 13.5. The van der Waals surface area contributed by atoms with Gasteiger partial charge in [0.2, 0.25) is 5.91 Å². The van der Waals surface area contributed by atoms with Crippen molar-refractivity contribution in [2.45, 2.75) is 51.9 Å². The van der Waals surface area contributed by atoms with E-state index in [2.05, 4.69) is 12.2 Å². The van der Waals surface area contributed by atoms with Crippen molar-refractivity contribution in [2.75, 3.05) is 13.1 Å². The summed E-state index contributed by atoms with van der Waals surface area (Å²) < 4.78 is 0. The van der Waals surface area contributed by atoms with Crippen LogP contribution in [0.3, 0.4) is 0 Å². The van der Waals surface area contributed by atoms with Crippen molar-refractivity contribution in [2.24, 2.45) is 17.6 Å². The van der Waals surface area contributed by atoms with Gasteiger partial charge in [-0.15, -0.1) is 0 Å². The lowest BCUT2D eigenvalue weighted by Gasteiger charge is -2.26. The average molecular weight is 226 g/mol. The molecule has 3 nitrogen and oxygen atoms in total. The summed E-state index contributed by atoms with van der Waals surface area (Å²) in [5.41, 5.74) is 5.40. The van der Waals surface area contributed by atoms with Gasteiger partial charge >= 0.3 is 0 Å². The maximum absolute atomic E-state index is 11.6. The molecule has 0 aromatic rings. The highest BCUT2D eigenvalue weighted by Gasteiger charge is 2.20. The standard InChI is InChI=1S/C13H26N2O/c1-11-5-4-6-12(9-11)10-13(16)15-8-3-2-7-14/h11-12H,2-10,14H2,1H3,(H,15,16). The van der Waals surface area contributed by atoms with E-state index < -0.39 is 0 Å². The Balaban J connectivity index is 2.08. The first-order chi connectivity index (χ1) is 7.72. The molecule has 3 N–H and O–H groups in total. The first-order valence-electron chi connectivity index (χ1n) is 6.69. The van der Waals surface area contributed by atoms with Gasteiger partial charge in [0.1, 0.15) is 0 Å². The van der Waals surface area contributed by atoms with Gasteiger partial charge in [-0.2, -0.15) is 0 Å². The Morgan fingerprint density at radius 2 is 2.19 bits per heavy atom. The molecule has 1 aliphatic carbocycles. The number of nitrogens with one attached hydrogen (secondary N) is 1. The Hall–Kier alpha value is -0.570. The molecular weight excluding hydrogens is 200 g/mol. The summed E-state index contributed by atoms with van der Waals surface area (Å²) in [6.45, 7) is 3.81. The second kappa shape index (κ2) is 7.66. The Morgan fingerprint density at radius 1 is 1.38 bits per heavy atom. The zero-order valence-corrected chi connectivity index (χ0v) is 10.5. The lowest BCUT2D eigenvalue weighted by atomic mass is 9.81. The Morgan fingerprint density at radius 3 is 2.88 bits per heavy atom. The number of carbonyl (C=O) groups is 1. The van der Waals surface area contributed by atoms with E-state index in [4.69, 9.17) is 5.73 Å². The predicted molar refractivity (Wildman–Crippen MR) is 67.0 cm³/mol. The van der Waals surface area contributed by atoms with E-state index in [-0.39, 0.29) is 5.91 Å². The van der Waals surface area contributed by atoms with E-state index in [9.17, 15) is 4.79 Å². The third kappa shape index (κ3) is 5.50. The second-order valence-corrected chi connectivity index (χ2v) is 5.19. The molecule has 0 heterocycles. The maximum Gasteiger partial charge on any atom is 0.220 e. The number of rotatable bonds is 6. The summed E-state index contributed by atoms with van der Waals surface area (Å²) >= 11 is 0. The lowest BCUT2D eigenvalue weighted by molar-refractivity contribution is -0.122. The van der Waals surface area contributed by atoms with E-state index in [0.717, 1.165) is 38.3 Å². The lowest BCUT2D eigenvalue weighted by Crippen LogP contribution is -2.28. The molecule has 0 aromatic carbocycles. The maximum atomic E-state index is 11.6. The van der Waals surface area contributed by atoms with Crippen LogP contribution >= 0.6 is 0 Å². The number of hydrogen-bond donors (Lipinski definition) is 2. The molecule has 0 saturated heterocycles. The van der Waals surface area contributed by atoms with Gasteiger partial charge in [0.05, 0.1) is 0 Å². The zero-order chi connectivity index (χ0) is 11.8. The Kier molecular flexibility index (Phi) is 6.46. The summed E-state index contributed by atoms with van der Waals surface area (Å²) in [7, 11) is 0. The van der Waals surface area contributed by atoms with Crippen molar-refractivity contribution in [3.8, 4) is 0 Å². The smallest absolute Gasteiger partial charge is 0.220 e. The fourth-order valence-corrected chi connectivity index (χ4v) is 2.58. The molecule has 0 aromatic heterocycles. The molecule has 2 atom stereocenters. The van der Waals surface area contributed by atoms with E-state index in [1.165, 1.54) is 25.7 Å². The molecule has 0 bridgehead atoms. The molecule has 3 heteroatoms. The molecule has 1 saturated carbocycles. The van der Waals surface area contributed by atoms with Crippen LogP contribution in [0.4, 0.5) is 0 Å². The first-order valence-corrected chi connectivity index (χ1v) is 6.69. The monoisotopic (exact) mass is 226 g/mol. The molecule has 1 fully saturated rings. The van der Waals surface area contributed by atoms with Gasteiger partial charge in [-0.1, -0.05) is 19.8 Å². The SMILES string of the molecule is CC1CCCC(CC(=O)NCCCCN)C1. The number of hydrogen-bond acceptors (Lipinski definition) is 2. The van der Waals surface area contributed by atoms with Crippen molar-refractivity contribution in [3.05, 3.63) is 0 Å². The predicted octanol–water partition coefficient (Wildman–Crippen LogP) is 2.06. The fourth-order valence-electron chi connectivity index (χ4n) is 2.58. The minimum Gasteiger partial charge on any atom is -0.356 e. The van der Waals surface area contributed by atoms with Crippen molar-refractivity contribution < 1.29 is 4.79 Å². The molecule has 1 rings (SSSR count). The fraction of sp³-hybridized carbons (Fsp3) is 0.923. The molecule has 2 unspecified atom stereocenters. The average Bonchev–Trinajstić information content (AvgIpc) is 2.24. The molecule has 0 radical (unpaired) electrons. The number of amides is 1. The summed E-state index contributed by atoms with van der Waals surface area (Å²) in [6, 6.07) is 0. The molecule has 1 amide bonds. The van der Waals surface area contributed by atoms with Crippen LogP contribution < -0.4 is 11.1 Å². The van der Waals surface area contributed by atoms with E-state index in [1.807, 2.05) is 0 Å². The van der Waals surface area contributed by atoms with Gasteiger partial charge in [0, 0.05) is 13.0 Å². The van der Waals surface area contributed by atoms with Crippen LogP contribution in [0.15, 0.2) is 0 Å². The highest BCUT2D eigenvalue weighted by Crippen LogP contribution is 2.30. The van der Waals surface area contributed by atoms with Crippen molar-refractivity contribution >= 4 is 5.91 Å². The summed E-state index contributed by atoms with van der Waals surface area (Å²) in [4.78, 5) is 11.6. The van der Waals surface area contributed by atoms with Crippen molar-refractivity contribution in [1.29, 1.82) is 0 Å². The normalized spacial score (nSPS) is 25.4. The zero-order valence-electron chi connectivity index (χ0n) is 10.5. The molecular formula is C13H26N2O. The third-order valence-electron chi connectivity index (χ3n) is 3.47. The Labute approximate surface area is 99.2 Å². The van der Waals surface area contributed by atoms with Crippen molar-refractivity contribution in [1.82, 2.24) is 5.32 Å². The van der Waals surface area contributed by atoms with E-state index in [1.54, 1.807) is 0 Å². The quantitative estimate of drug-likeness (QED) is 0.681. The molecule has 0 spiro atoms. The molecule has 16 heavy (non-hydrogen) atoms. The minimum atomic E-state index is 0.233. The summed E-state index contributed by atoms with van der Waals surface area (Å²) in [5, 5.41) is 2.99. The Bertz CT molecular complexity index is 206. The van der Waals surface area contributed by atoms with Crippen LogP contribution in [-0.4, -0.2) is 19.0 Å². The topological polar surface area (TPSA) is 55.1 Å². The van der Waals surface area contributed by atoms with Gasteiger partial charge in [-0.05, 0) is 44.1 Å².